The Labute approximate surface area is 239 Å². The minimum absolute atomic E-state index is 0.0715. The minimum atomic E-state index is -1.19. The molecule has 0 aliphatic carbocycles. The van der Waals surface area contributed by atoms with Crippen LogP contribution in [0.25, 0.3) is 21.5 Å². The van der Waals surface area contributed by atoms with Gasteiger partial charge in [0.15, 0.2) is 6.10 Å². The van der Waals surface area contributed by atoms with Crippen molar-refractivity contribution in [1.82, 2.24) is 0 Å². The molecule has 7 nitrogen and oxygen atoms in total. The molecule has 0 spiro atoms. The van der Waals surface area contributed by atoms with E-state index < -0.39 is 36.0 Å². The first-order valence-corrected chi connectivity index (χ1v) is 13.7. The number of ether oxygens (including phenoxy) is 5. The van der Waals surface area contributed by atoms with Gasteiger partial charge in [-0.25, -0.2) is 0 Å². The molecule has 1 saturated heterocycles. The molecule has 1 unspecified atom stereocenters. The topological polar surface area (TPSA) is 80.3 Å². The van der Waals surface area contributed by atoms with Crippen LogP contribution < -0.4 is 0 Å². The molecule has 4 atom stereocenters. The largest absolute Gasteiger partial charge is 0.453 e. The number of fused-ring (bicyclic) bond motifs is 2. The summed E-state index contributed by atoms with van der Waals surface area (Å²) in [4.78, 5) is 24.1. The van der Waals surface area contributed by atoms with E-state index in [0.717, 1.165) is 32.7 Å². The van der Waals surface area contributed by atoms with Crippen molar-refractivity contribution in [2.45, 2.75) is 58.1 Å². The van der Waals surface area contributed by atoms with Crippen molar-refractivity contribution in [1.29, 1.82) is 0 Å². The minimum Gasteiger partial charge on any atom is -0.453 e. The highest BCUT2D eigenvalue weighted by Crippen LogP contribution is 2.39. The average molecular weight is 555 g/mol. The lowest BCUT2D eigenvalue weighted by atomic mass is 9.94. The van der Waals surface area contributed by atoms with Crippen molar-refractivity contribution in [3.05, 3.63) is 108 Å². The van der Waals surface area contributed by atoms with Crippen molar-refractivity contribution < 1.29 is 33.3 Å². The Balaban J connectivity index is 1.41. The number of benzene rings is 4. The standard InChI is InChI=1S/C34H34O7/c1-4-17-34(22-37-20-25-13-15-27-9-5-7-11-29(27)18-25)32(31(39-23(2)35)33(41-34)40-24(3)36)38-21-26-14-16-28-10-6-8-12-30(28)19-26/h4-19,31-33H,20-22H2,1-3H3/b17-4+/t31-,32+,33?,34-/m1/s1. The molecule has 1 aliphatic heterocycles. The smallest absolute Gasteiger partial charge is 0.305 e. The predicted octanol–water partition coefficient (Wildman–Crippen LogP) is 6.26. The highest BCUT2D eigenvalue weighted by molar-refractivity contribution is 5.83. The van der Waals surface area contributed by atoms with Crippen molar-refractivity contribution in [3.63, 3.8) is 0 Å². The quantitative estimate of drug-likeness (QED) is 0.169. The van der Waals surface area contributed by atoms with Crippen molar-refractivity contribution >= 4 is 33.5 Å². The van der Waals surface area contributed by atoms with Crippen LogP contribution in [0.5, 0.6) is 0 Å². The summed E-state index contributed by atoms with van der Waals surface area (Å²) in [6.45, 7) is 5.05. The van der Waals surface area contributed by atoms with Crippen LogP contribution in [0.3, 0.4) is 0 Å². The molecule has 4 aromatic carbocycles. The van der Waals surface area contributed by atoms with Crippen molar-refractivity contribution in [2.24, 2.45) is 0 Å². The SMILES string of the molecule is C/C=C/[C@]1(COCc2ccc3ccccc3c2)OC(OC(C)=O)[C@H](OC(C)=O)[C@@H]1OCc1ccc2ccccc2c1. The fourth-order valence-corrected chi connectivity index (χ4v) is 5.32. The second-order valence-electron chi connectivity index (χ2n) is 10.2. The lowest BCUT2D eigenvalue weighted by Gasteiger charge is -2.32. The van der Waals surface area contributed by atoms with Gasteiger partial charge in [0.05, 0.1) is 19.8 Å². The first-order valence-electron chi connectivity index (χ1n) is 13.7. The van der Waals surface area contributed by atoms with Gasteiger partial charge in [0.25, 0.3) is 0 Å². The van der Waals surface area contributed by atoms with Crippen molar-refractivity contribution in [3.8, 4) is 0 Å². The molecule has 7 heteroatoms. The zero-order chi connectivity index (χ0) is 28.8. The summed E-state index contributed by atoms with van der Waals surface area (Å²) in [6, 6.07) is 28.5. The molecular weight excluding hydrogens is 520 g/mol. The number of allylic oxidation sites excluding steroid dienone is 1. The lowest BCUT2D eigenvalue weighted by molar-refractivity contribution is -0.204. The maximum absolute atomic E-state index is 12.1. The molecule has 5 rings (SSSR count). The van der Waals surface area contributed by atoms with Gasteiger partial charge in [-0.2, -0.15) is 0 Å². The molecule has 0 saturated carbocycles. The summed E-state index contributed by atoms with van der Waals surface area (Å²) >= 11 is 0. The maximum atomic E-state index is 12.1. The van der Waals surface area contributed by atoms with Gasteiger partial charge in [0.2, 0.25) is 6.29 Å². The maximum Gasteiger partial charge on any atom is 0.305 e. The highest BCUT2D eigenvalue weighted by atomic mass is 16.8. The van der Waals surface area contributed by atoms with Crippen LogP contribution in [0.1, 0.15) is 31.9 Å². The Bertz CT molecular complexity index is 1560. The van der Waals surface area contributed by atoms with Gasteiger partial charge in [-0.1, -0.05) is 84.9 Å². The molecule has 41 heavy (non-hydrogen) atoms. The van der Waals surface area contributed by atoms with E-state index in [4.69, 9.17) is 23.7 Å². The molecular formula is C34H34O7. The first kappa shape index (κ1) is 28.5. The van der Waals surface area contributed by atoms with Crippen LogP contribution >= 0.6 is 0 Å². The molecule has 4 aromatic rings. The molecule has 212 valence electrons. The third-order valence-corrected chi connectivity index (χ3v) is 7.07. The Morgan fingerprint density at radius 1 is 0.780 bits per heavy atom. The van der Waals surface area contributed by atoms with Gasteiger partial charge in [-0.05, 0) is 51.7 Å². The third-order valence-electron chi connectivity index (χ3n) is 7.07. The number of hydrogen-bond acceptors (Lipinski definition) is 7. The third kappa shape index (κ3) is 6.65. The monoisotopic (exact) mass is 554 g/mol. The molecule has 0 amide bonds. The Morgan fingerprint density at radius 3 is 1.90 bits per heavy atom. The van der Waals surface area contributed by atoms with E-state index in [1.807, 2.05) is 67.6 Å². The Kier molecular flexibility index (Phi) is 8.78. The van der Waals surface area contributed by atoms with Gasteiger partial charge >= 0.3 is 11.9 Å². The summed E-state index contributed by atoms with van der Waals surface area (Å²) in [5.74, 6) is -1.10. The average Bonchev–Trinajstić information content (AvgIpc) is 3.22. The summed E-state index contributed by atoms with van der Waals surface area (Å²) in [5, 5.41) is 4.48. The van der Waals surface area contributed by atoms with E-state index in [1.165, 1.54) is 13.8 Å². The number of rotatable bonds is 10. The lowest BCUT2D eigenvalue weighted by Crippen LogP contribution is -2.48. The number of carbonyl (C=O) groups is 2. The van der Waals surface area contributed by atoms with Crippen LogP contribution in [-0.4, -0.2) is 42.6 Å². The molecule has 0 N–H and O–H groups in total. The fraction of sp³-hybridized carbons (Fsp3) is 0.294. The van der Waals surface area contributed by atoms with E-state index in [9.17, 15) is 9.59 Å². The first-order chi connectivity index (χ1) is 19.9. The number of esters is 2. The van der Waals surface area contributed by atoms with Gasteiger partial charge < -0.3 is 23.7 Å². The van der Waals surface area contributed by atoms with Gasteiger partial charge in [-0.3, -0.25) is 9.59 Å². The molecule has 1 aliphatic rings. The second kappa shape index (κ2) is 12.6. The molecule has 0 bridgehead atoms. The van der Waals surface area contributed by atoms with E-state index >= 15 is 0 Å². The second-order valence-corrected chi connectivity index (χ2v) is 10.2. The number of carbonyl (C=O) groups excluding carboxylic acids is 2. The zero-order valence-corrected chi connectivity index (χ0v) is 23.4. The Morgan fingerprint density at radius 2 is 1.34 bits per heavy atom. The highest BCUT2D eigenvalue weighted by Gasteiger charge is 2.58. The van der Waals surface area contributed by atoms with Gasteiger partial charge in [0.1, 0.15) is 11.7 Å². The molecule has 0 aromatic heterocycles. The van der Waals surface area contributed by atoms with Gasteiger partial charge in [0, 0.05) is 13.8 Å². The zero-order valence-electron chi connectivity index (χ0n) is 23.4. The van der Waals surface area contributed by atoms with E-state index in [2.05, 4.69) is 36.4 Å². The number of hydrogen-bond donors (Lipinski definition) is 0. The summed E-state index contributed by atoms with van der Waals surface area (Å²) in [5.41, 5.74) is 0.745. The molecule has 1 fully saturated rings. The predicted molar refractivity (Wildman–Crippen MR) is 156 cm³/mol. The van der Waals surface area contributed by atoms with E-state index in [0.29, 0.717) is 6.61 Å². The fourth-order valence-electron chi connectivity index (χ4n) is 5.32. The van der Waals surface area contributed by atoms with Crippen LogP contribution in [0.2, 0.25) is 0 Å². The van der Waals surface area contributed by atoms with E-state index in [1.54, 1.807) is 0 Å². The van der Waals surface area contributed by atoms with Crippen LogP contribution in [0.4, 0.5) is 0 Å². The van der Waals surface area contributed by atoms with Crippen LogP contribution in [-0.2, 0) is 46.5 Å². The molecule has 1 heterocycles. The Hall–Kier alpha value is -4.04. The summed E-state index contributed by atoms with van der Waals surface area (Å²) in [6.07, 6.45) is 0.649. The molecule has 0 radical (unpaired) electrons. The summed E-state index contributed by atoms with van der Waals surface area (Å²) in [7, 11) is 0. The van der Waals surface area contributed by atoms with Crippen LogP contribution in [0.15, 0.2) is 97.1 Å². The summed E-state index contributed by atoms with van der Waals surface area (Å²) < 4.78 is 30.1. The van der Waals surface area contributed by atoms with Gasteiger partial charge in [-0.15, -0.1) is 0 Å². The van der Waals surface area contributed by atoms with E-state index in [-0.39, 0.29) is 13.2 Å². The van der Waals surface area contributed by atoms with Crippen molar-refractivity contribution in [2.75, 3.05) is 6.61 Å². The normalized spacial score (nSPS) is 22.4. The van der Waals surface area contributed by atoms with Crippen LogP contribution in [0, 0.1) is 0 Å².